The van der Waals surface area contributed by atoms with Gasteiger partial charge in [-0.3, -0.25) is 4.98 Å². The first-order chi connectivity index (χ1) is 12.8. The molecule has 2 radical (unpaired) electrons. The van der Waals surface area contributed by atoms with Gasteiger partial charge < -0.3 is 9.80 Å². The Bertz CT molecular complexity index is 778. The van der Waals surface area contributed by atoms with Crippen LogP contribution in [0, 0.1) is 6.67 Å². The van der Waals surface area contributed by atoms with Crippen LogP contribution < -0.4 is 9.80 Å². The third-order valence-electron chi connectivity index (χ3n) is 4.10. The maximum absolute atomic E-state index is 4.81. The van der Waals surface area contributed by atoms with Gasteiger partial charge in [-0.2, -0.15) is 0 Å². The van der Waals surface area contributed by atoms with Gasteiger partial charge in [0.15, 0.2) is 0 Å². The molecule has 0 amide bonds. The molecule has 2 aromatic carbocycles. The summed E-state index contributed by atoms with van der Waals surface area (Å²) < 4.78 is 0. The zero-order valence-electron chi connectivity index (χ0n) is 14.0. The summed E-state index contributed by atoms with van der Waals surface area (Å²) in [7, 11) is 11.7. The predicted octanol–water partition coefficient (Wildman–Crippen LogP) is 5.50. The van der Waals surface area contributed by atoms with Gasteiger partial charge in [0.2, 0.25) is 6.67 Å². The van der Waals surface area contributed by atoms with E-state index >= 15 is 0 Å². The standard InChI is InChI=1S/C20H17N3.2ClH.Pd/c1-22-15-23(19-13-6-5-12-18(19)22)20(16-9-3-2-4-10-16)17-11-7-8-14-21-17;;;/h2-14,20H,1H3;2*1H;/q;;;+2/p-2/t20-;;;/m0.../s1. The maximum atomic E-state index is 4.81. The molecule has 1 aromatic heterocycles. The predicted molar refractivity (Wildman–Crippen MR) is 105 cm³/mol. The van der Waals surface area contributed by atoms with E-state index in [1.807, 2.05) is 36.3 Å². The second-order valence-corrected chi connectivity index (χ2v) is 7.99. The van der Waals surface area contributed by atoms with E-state index < -0.39 is 0 Å². The summed E-state index contributed by atoms with van der Waals surface area (Å²) in [5, 5.41) is 0. The van der Waals surface area contributed by atoms with Crippen LogP contribution in [0.4, 0.5) is 11.4 Å². The second kappa shape index (κ2) is 9.39. The van der Waals surface area contributed by atoms with Crippen LogP contribution in [-0.2, 0) is 15.9 Å². The van der Waals surface area contributed by atoms with Crippen LogP contribution in [0.5, 0.6) is 0 Å². The number of pyridine rings is 1. The number of fused-ring (bicyclic) bond motifs is 1. The van der Waals surface area contributed by atoms with Gasteiger partial charge in [-0.1, -0.05) is 48.5 Å². The van der Waals surface area contributed by atoms with E-state index in [4.69, 9.17) is 19.1 Å². The van der Waals surface area contributed by atoms with E-state index in [-0.39, 0.29) is 22.0 Å². The van der Waals surface area contributed by atoms with Gasteiger partial charge >= 0.3 is 35.0 Å². The van der Waals surface area contributed by atoms with Crippen LogP contribution >= 0.6 is 19.1 Å². The second-order valence-electron chi connectivity index (χ2n) is 5.63. The average Bonchev–Trinajstić information content (AvgIpc) is 3.01. The van der Waals surface area contributed by atoms with E-state index in [1.165, 1.54) is 5.56 Å². The normalized spacial score (nSPS) is 13.8. The molecule has 6 heteroatoms. The van der Waals surface area contributed by atoms with Crippen LogP contribution in [-0.4, -0.2) is 12.0 Å². The molecule has 0 N–H and O–H groups in total. The summed E-state index contributed by atoms with van der Waals surface area (Å²) in [6.07, 6.45) is 1.84. The third kappa shape index (κ3) is 4.22. The van der Waals surface area contributed by atoms with Crippen LogP contribution in [0.3, 0.4) is 0 Å². The van der Waals surface area contributed by atoms with Gasteiger partial charge in [0.05, 0.1) is 23.1 Å². The third-order valence-corrected chi connectivity index (χ3v) is 4.10. The number of para-hydroxylation sites is 2. The van der Waals surface area contributed by atoms with Crippen LogP contribution in [0.2, 0.25) is 0 Å². The summed E-state index contributed by atoms with van der Waals surface area (Å²) in [6.45, 7) is 3.44. The average molecular weight is 477 g/mol. The Labute approximate surface area is 170 Å². The fraction of sp³-hybridized carbons (Fsp3) is 0.100. The number of halogens is 2. The van der Waals surface area contributed by atoms with Crippen LogP contribution in [0.25, 0.3) is 0 Å². The van der Waals surface area contributed by atoms with Crippen molar-refractivity contribution in [2.75, 3.05) is 16.8 Å². The zero-order chi connectivity index (χ0) is 18.4. The minimum atomic E-state index is -0.106. The van der Waals surface area contributed by atoms with E-state index in [0.717, 1.165) is 17.1 Å². The van der Waals surface area contributed by atoms with E-state index in [0.29, 0.717) is 0 Å². The van der Waals surface area contributed by atoms with Crippen molar-refractivity contribution in [3.8, 4) is 0 Å². The first kappa shape index (κ1) is 19.2. The number of nitrogens with zero attached hydrogens (tertiary/aromatic N) is 3. The molecular formula is C20H17Cl2N3Pd. The molecule has 4 rings (SSSR count). The van der Waals surface area contributed by atoms with Crippen LogP contribution in [0.1, 0.15) is 17.3 Å². The molecule has 0 unspecified atom stereocenters. The summed E-state index contributed by atoms with van der Waals surface area (Å²) in [5.41, 5.74) is 4.51. The van der Waals surface area contributed by atoms with Crippen molar-refractivity contribution in [1.29, 1.82) is 0 Å². The molecule has 2 heterocycles. The first-order valence-electron chi connectivity index (χ1n) is 7.92. The SMILES string of the molecule is CN1[C]N([C@@H](c2ccccc2)c2ccccn2)c2ccccc21.[Cl][Pd][Cl]. The van der Waals surface area contributed by atoms with Crippen molar-refractivity contribution < 1.29 is 15.9 Å². The molecule has 0 spiro atoms. The number of anilines is 2. The van der Waals surface area contributed by atoms with Gasteiger partial charge in [-0.05, 0) is 29.8 Å². The molecule has 1 aliphatic rings. The summed E-state index contributed by atoms with van der Waals surface area (Å²) in [6, 6.07) is 24.9. The molecule has 0 aliphatic carbocycles. The summed E-state index contributed by atoms with van der Waals surface area (Å²) in [4.78, 5) is 8.81. The van der Waals surface area contributed by atoms with Gasteiger partial charge in [0.1, 0.15) is 0 Å². The number of rotatable bonds is 3. The number of hydrogen-bond donors (Lipinski definition) is 0. The molecule has 0 saturated carbocycles. The zero-order valence-corrected chi connectivity index (χ0v) is 17.1. The number of hydrogen-bond acceptors (Lipinski definition) is 3. The molecule has 136 valence electrons. The molecule has 3 nitrogen and oxygen atoms in total. The molecule has 3 aromatic rings. The molecular weight excluding hydrogens is 460 g/mol. The summed E-state index contributed by atoms with van der Waals surface area (Å²) >= 11 is -0.106. The van der Waals surface area contributed by atoms with E-state index in [1.54, 1.807) is 0 Å². The molecule has 26 heavy (non-hydrogen) atoms. The summed E-state index contributed by atoms with van der Waals surface area (Å²) in [5.74, 6) is 0. The molecule has 1 atom stereocenters. The van der Waals surface area contributed by atoms with Crippen molar-refractivity contribution in [3.05, 3.63) is 96.9 Å². The first-order valence-corrected chi connectivity index (χ1v) is 11.9. The Kier molecular flexibility index (Phi) is 6.94. The Balaban J connectivity index is 0.000000613. The topological polar surface area (TPSA) is 19.4 Å². The van der Waals surface area contributed by atoms with Gasteiger partial charge in [-0.25, -0.2) is 0 Å². The van der Waals surface area contributed by atoms with E-state index in [9.17, 15) is 0 Å². The van der Waals surface area contributed by atoms with Crippen LogP contribution in [0.15, 0.2) is 79.0 Å². The van der Waals surface area contributed by atoms with Crippen molar-refractivity contribution >= 4 is 30.4 Å². The monoisotopic (exact) mass is 475 g/mol. The Morgan fingerprint density at radius 2 is 1.50 bits per heavy atom. The van der Waals surface area contributed by atoms with Crippen molar-refractivity contribution in [3.63, 3.8) is 0 Å². The number of benzene rings is 2. The molecule has 0 saturated heterocycles. The fourth-order valence-electron chi connectivity index (χ4n) is 3.04. The number of aromatic nitrogens is 1. The molecule has 1 aliphatic heterocycles. The quantitative estimate of drug-likeness (QED) is 0.465. The van der Waals surface area contributed by atoms with Crippen molar-refractivity contribution in [2.24, 2.45) is 0 Å². The fourth-order valence-corrected chi connectivity index (χ4v) is 3.04. The van der Waals surface area contributed by atoms with Gasteiger partial charge in [0, 0.05) is 13.2 Å². The molecule has 0 bridgehead atoms. The minimum absolute atomic E-state index is 0.00324. The van der Waals surface area contributed by atoms with Crippen molar-refractivity contribution in [1.82, 2.24) is 4.98 Å². The Hall–Kier alpha value is -1.57. The van der Waals surface area contributed by atoms with E-state index in [2.05, 4.69) is 71.1 Å². The Morgan fingerprint density at radius 3 is 2.15 bits per heavy atom. The Morgan fingerprint density at radius 1 is 0.885 bits per heavy atom. The van der Waals surface area contributed by atoms with Gasteiger partial charge in [0.25, 0.3) is 0 Å². The molecule has 0 fully saturated rings. The van der Waals surface area contributed by atoms with Crippen molar-refractivity contribution in [2.45, 2.75) is 6.04 Å². The van der Waals surface area contributed by atoms with Gasteiger partial charge in [-0.15, -0.1) is 0 Å².